The third-order valence-electron chi connectivity index (χ3n) is 6.39. The summed E-state index contributed by atoms with van der Waals surface area (Å²) in [6, 6.07) is 24.8. The Kier molecular flexibility index (Phi) is 9.47. The minimum Gasteiger partial charge on any atom is -0.497 e. The molecule has 0 aromatic heterocycles. The Bertz CT molecular complexity index is 1100. The van der Waals surface area contributed by atoms with Gasteiger partial charge in [-0.2, -0.15) is 0 Å². The number of carbonyl (C=O) groups is 2. The predicted octanol–water partition coefficient (Wildman–Crippen LogP) is 5.10. The van der Waals surface area contributed by atoms with Gasteiger partial charge in [-0.15, -0.1) is 0 Å². The number of carbonyl (C=O) groups excluding carboxylic acids is 2. The van der Waals surface area contributed by atoms with E-state index in [1.165, 1.54) is 0 Å². The normalized spacial score (nSPS) is 12.5. The molecule has 3 aromatic rings. The fourth-order valence-electron chi connectivity index (χ4n) is 3.99. The molecule has 0 radical (unpaired) electrons. The van der Waals surface area contributed by atoms with Crippen molar-refractivity contribution in [2.45, 2.75) is 58.7 Å². The molecule has 0 saturated heterocycles. The molecule has 3 rings (SSSR count). The van der Waals surface area contributed by atoms with Crippen molar-refractivity contribution in [3.63, 3.8) is 0 Å². The van der Waals surface area contributed by atoms with E-state index in [-0.39, 0.29) is 24.3 Å². The lowest BCUT2D eigenvalue weighted by Gasteiger charge is -2.33. The summed E-state index contributed by atoms with van der Waals surface area (Å²) in [5.41, 5.74) is 4.02. The molecule has 2 amide bonds. The molecule has 0 aliphatic heterocycles. The van der Waals surface area contributed by atoms with Crippen molar-refractivity contribution in [3.05, 3.63) is 101 Å². The maximum atomic E-state index is 13.8. The SMILES string of the molecule is CC[C@H](C)NC(=O)[C@@H](Cc1ccccc1)N(Cc1ccccc1C)C(=O)Cc1ccc(OC)cc1. The van der Waals surface area contributed by atoms with Crippen LogP contribution in [0, 0.1) is 6.92 Å². The molecule has 2 atom stereocenters. The molecule has 5 heteroatoms. The van der Waals surface area contributed by atoms with Gasteiger partial charge in [0.2, 0.25) is 11.8 Å². The van der Waals surface area contributed by atoms with Gasteiger partial charge in [0.15, 0.2) is 0 Å². The standard InChI is InChI=1S/C30H36N2O3/c1-5-23(3)31-30(34)28(19-24-12-7-6-8-13-24)32(21-26-14-10-9-11-22(26)2)29(33)20-25-15-17-27(35-4)18-16-25/h6-18,23,28H,5,19-21H2,1-4H3,(H,31,34)/t23-,28+/m0/s1. The van der Waals surface area contributed by atoms with E-state index in [9.17, 15) is 9.59 Å². The number of nitrogens with zero attached hydrogens (tertiary/aromatic N) is 1. The van der Waals surface area contributed by atoms with Crippen molar-refractivity contribution in [2.24, 2.45) is 0 Å². The molecule has 1 N–H and O–H groups in total. The van der Waals surface area contributed by atoms with Crippen LogP contribution in [0.4, 0.5) is 0 Å². The van der Waals surface area contributed by atoms with Crippen molar-refractivity contribution < 1.29 is 14.3 Å². The van der Waals surface area contributed by atoms with E-state index in [0.717, 1.165) is 34.4 Å². The van der Waals surface area contributed by atoms with E-state index in [1.807, 2.05) is 99.6 Å². The largest absolute Gasteiger partial charge is 0.497 e. The van der Waals surface area contributed by atoms with Crippen LogP contribution in [0.1, 0.15) is 42.5 Å². The molecular weight excluding hydrogens is 436 g/mol. The van der Waals surface area contributed by atoms with Crippen molar-refractivity contribution in [1.82, 2.24) is 10.2 Å². The number of hydrogen-bond acceptors (Lipinski definition) is 3. The first-order chi connectivity index (χ1) is 16.9. The second-order valence-electron chi connectivity index (χ2n) is 9.00. The van der Waals surface area contributed by atoms with Gasteiger partial charge in [0, 0.05) is 19.0 Å². The Labute approximate surface area is 209 Å². The van der Waals surface area contributed by atoms with E-state index in [0.29, 0.717) is 13.0 Å². The van der Waals surface area contributed by atoms with Gasteiger partial charge in [-0.25, -0.2) is 0 Å². The van der Waals surface area contributed by atoms with E-state index >= 15 is 0 Å². The maximum absolute atomic E-state index is 13.8. The third kappa shape index (κ3) is 7.44. The molecule has 5 nitrogen and oxygen atoms in total. The lowest BCUT2D eigenvalue weighted by molar-refractivity contribution is -0.141. The Morgan fingerprint density at radius 3 is 2.20 bits per heavy atom. The summed E-state index contributed by atoms with van der Waals surface area (Å²) < 4.78 is 5.25. The highest BCUT2D eigenvalue weighted by molar-refractivity contribution is 5.89. The molecule has 35 heavy (non-hydrogen) atoms. The quantitative estimate of drug-likeness (QED) is 0.422. The van der Waals surface area contributed by atoms with E-state index in [1.54, 1.807) is 12.0 Å². The zero-order valence-corrected chi connectivity index (χ0v) is 21.2. The van der Waals surface area contributed by atoms with Crippen molar-refractivity contribution in [1.29, 1.82) is 0 Å². The van der Waals surface area contributed by atoms with E-state index in [4.69, 9.17) is 4.74 Å². The van der Waals surface area contributed by atoms with Gasteiger partial charge < -0.3 is 15.0 Å². The number of nitrogens with one attached hydrogen (secondary N) is 1. The number of ether oxygens (including phenoxy) is 1. The molecule has 3 aromatic carbocycles. The minimum atomic E-state index is -0.628. The van der Waals surface area contributed by atoms with Gasteiger partial charge in [-0.05, 0) is 54.7 Å². The number of amides is 2. The number of benzene rings is 3. The van der Waals surface area contributed by atoms with Crippen LogP contribution < -0.4 is 10.1 Å². The highest BCUT2D eigenvalue weighted by atomic mass is 16.5. The Morgan fingerprint density at radius 1 is 0.914 bits per heavy atom. The number of methoxy groups -OCH3 is 1. The van der Waals surface area contributed by atoms with Crippen LogP contribution in [0.15, 0.2) is 78.9 Å². The summed E-state index contributed by atoms with van der Waals surface area (Å²) in [7, 11) is 1.62. The summed E-state index contributed by atoms with van der Waals surface area (Å²) in [6.07, 6.45) is 1.47. The first-order valence-electron chi connectivity index (χ1n) is 12.2. The lowest BCUT2D eigenvalue weighted by atomic mass is 10.00. The molecule has 0 aliphatic rings. The van der Waals surface area contributed by atoms with Gasteiger partial charge in [0.1, 0.15) is 11.8 Å². The molecular formula is C30H36N2O3. The van der Waals surface area contributed by atoms with Crippen molar-refractivity contribution >= 4 is 11.8 Å². The van der Waals surface area contributed by atoms with Gasteiger partial charge >= 0.3 is 0 Å². The summed E-state index contributed by atoms with van der Waals surface area (Å²) in [4.78, 5) is 29.1. The smallest absolute Gasteiger partial charge is 0.243 e. The van der Waals surface area contributed by atoms with Crippen molar-refractivity contribution in [3.8, 4) is 5.75 Å². The van der Waals surface area contributed by atoms with Gasteiger partial charge in [-0.3, -0.25) is 9.59 Å². The minimum absolute atomic E-state index is 0.0257. The summed E-state index contributed by atoms with van der Waals surface area (Å²) in [5, 5.41) is 3.12. The third-order valence-corrected chi connectivity index (χ3v) is 6.39. The average Bonchev–Trinajstić information content (AvgIpc) is 2.88. The fraction of sp³-hybridized carbons (Fsp3) is 0.333. The molecule has 0 heterocycles. The van der Waals surface area contributed by atoms with Crippen LogP contribution in [0.2, 0.25) is 0 Å². The summed E-state index contributed by atoms with van der Waals surface area (Å²) >= 11 is 0. The van der Waals surface area contributed by atoms with Gasteiger partial charge in [0.25, 0.3) is 0 Å². The zero-order chi connectivity index (χ0) is 25.2. The first-order valence-corrected chi connectivity index (χ1v) is 12.2. The molecule has 0 aliphatic carbocycles. The monoisotopic (exact) mass is 472 g/mol. The Hall–Kier alpha value is -3.60. The van der Waals surface area contributed by atoms with Crippen molar-refractivity contribution in [2.75, 3.05) is 7.11 Å². The van der Waals surface area contributed by atoms with Crippen LogP contribution in [-0.2, 0) is 29.0 Å². The molecule has 184 valence electrons. The number of rotatable bonds is 11. The first kappa shape index (κ1) is 26.0. The molecule has 0 unspecified atom stereocenters. The average molecular weight is 473 g/mol. The van der Waals surface area contributed by atoms with Crippen LogP contribution in [-0.4, -0.2) is 35.9 Å². The van der Waals surface area contributed by atoms with Gasteiger partial charge in [-0.1, -0.05) is 73.7 Å². The fourth-order valence-corrected chi connectivity index (χ4v) is 3.99. The molecule has 0 spiro atoms. The Balaban J connectivity index is 1.97. The van der Waals surface area contributed by atoms with Crippen LogP contribution in [0.25, 0.3) is 0 Å². The zero-order valence-electron chi connectivity index (χ0n) is 21.2. The van der Waals surface area contributed by atoms with Crippen LogP contribution in [0.5, 0.6) is 5.75 Å². The number of aryl methyl sites for hydroxylation is 1. The topological polar surface area (TPSA) is 58.6 Å². The highest BCUT2D eigenvalue weighted by Gasteiger charge is 2.31. The predicted molar refractivity (Wildman–Crippen MR) is 140 cm³/mol. The highest BCUT2D eigenvalue weighted by Crippen LogP contribution is 2.19. The van der Waals surface area contributed by atoms with E-state index in [2.05, 4.69) is 5.32 Å². The molecule has 0 bridgehead atoms. The van der Waals surface area contributed by atoms with Gasteiger partial charge in [0.05, 0.1) is 13.5 Å². The van der Waals surface area contributed by atoms with E-state index < -0.39 is 6.04 Å². The number of hydrogen-bond donors (Lipinski definition) is 1. The second-order valence-corrected chi connectivity index (χ2v) is 9.00. The second kappa shape index (κ2) is 12.7. The summed E-state index contributed by atoms with van der Waals surface area (Å²) in [5.74, 6) is 0.534. The summed E-state index contributed by atoms with van der Waals surface area (Å²) in [6.45, 7) is 6.43. The van der Waals surface area contributed by atoms with Crippen LogP contribution in [0.3, 0.4) is 0 Å². The van der Waals surface area contributed by atoms with Crippen LogP contribution >= 0.6 is 0 Å². The molecule has 0 saturated carbocycles. The molecule has 0 fully saturated rings. The maximum Gasteiger partial charge on any atom is 0.243 e. The Morgan fingerprint density at radius 2 is 1.57 bits per heavy atom. The lowest BCUT2D eigenvalue weighted by Crippen LogP contribution is -2.52.